The summed E-state index contributed by atoms with van der Waals surface area (Å²) in [5.41, 5.74) is 0. The molecule has 4 nitrogen and oxygen atoms in total. The van der Waals surface area contributed by atoms with Crippen molar-refractivity contribution < 1.29 is 44.2 Å². The Kier molecular flexibility index (Phi) is 4.67. The van der Waals surface area contributed by atoms with Crippen molar-refractivity contribution in [3.63, 3.8) is 0 Å². The molecule has 0 aliphatic heterocycles. The average molecular weight is 181 g/mol. The number of ether oxygens (including phenoxy) is 1. The maximum atomic E-state index is 10.1. The van der Waals surface area contributed by atoms with Gasteiger partial charge in [0.15, 0.2) is 0 Å². The van der Waals surface area contributed by atoms with Crippen molar-refractivity contribution >= 4 is 17.3 Å². The molecular weight excluding hydrogens is 177 g/mol. The Morgan fingerprint density at radius 2 is 2.45 bits per heavy atom. The number of aromatic nitrogens is 1. The van der Waals surface area contributed by atoms with Crippen LogP contribution >= 0.6 is 11.3 Å². The van der Waals surface area contributed by atoms with Gasteiger partial charge in [0.05, 0.1) is 24.2 Å². The molecule has 0 saturated heterocycles. The first-order valence-electron chi connectivity index (χ1n) is 2.45. The molecule has 54 valence electrons. The molecule has 1 aromatic heterocycles. The quantitative estimate of drug-likeness (QED) is 0.444. The second kappa shape index (κ2) is 4.71. The van der Waals surface area contributed by atoms with Crippen LogP contribution in [0.2, 0.25) is 0 Å². The standard InChI is InChI=1S/C5H5NO3S.Na/c1-9-5-6-2-3(10-5)4(7)8;/h2H,1H3,(H,7,8);/q;+1/p-1. The Labute approximate surface area is 89.5 Å². The molecule has 0 unspecified atom stereocenters. The van der Waals surface area contributed by atoms with E-state index in [1.165, 1.54) is 13.3 Å². The molecule has 0 amide bonds. The Morgan fingerprint density at radius 1 is 1.82 bits per heavy atom. The van der Waals surface area contributed by atoms with Gasteiger partial charge in [0, 0.05) is 0 Å². The summed E-state index contributed by atoms with van der Waals surface area (Å²) in [6.45, 7) is 0. The Hall–Kier alpha value is -0.100. The van der Waals surface area contributed by atoms with Crippen LogP contribution in [0.1, 0.15) is 9.67 Å². The minimum atomic E-state index is -1.22. The maximum absolute atomic E-state index is 10.1. The van der Waals surface area contributed by atoms with Crippen molar-refractivity contribution in [1.82, 2.24) is 4.98 Å². The molecule has 11 heavy (non-hydrogen) atoms. The van der Waals surface area contributed by atoms with Crippen molar-refractivity contribution in [3.05, 3.63) is 11.1 Å². The van der Waals surface area contributed by atoms with E-state index in [1.807, 2.05) is 0 Å². The van der Waals surface area contributed by atoms with E-state index in [4.69, 9.17) is 0 Å². The van der Waals surface area contributed by atoms with E-state index >= 15 is 0 Å². The van der Waals surface area contributed by atoms with Crippen molar-refractivity contribution in [1.29, 1.82) is 0 Å². The molecule has 0 atom stereocenters. The van der Waals surface area contributed by atoms with Crippen LogP contribution in [0.5, 0.6) is 5.19 Å². The molecule has 6 heteroatoms. The minimum absolute atomic E-state index is 0. The SMILES string of the molecule is COc1ncc(C(=O)[O-])s1.[Na+]. The third-order valence-corrected chi connectivity index (χ3v) is 1.80. The van der Waals surface area contributed by atoms with E-state index in [2.05, 4.69) is 9.72 Å². The largest absolute Gasteiger partial charge is 1.00 e. The molecule has 0 aliphatic carbocycles. The number of methoxy groups -OCH3 is 1. The predicted octanol–water partition coefficient (Wildman–Crippen LogP) is -3.48. The number of carboxylic acid groups (broad SMARTS) is 1. The van der Waals surface area contributed by atoms with Crippen LogP contribution in [0.15, 0.2) is 6.20 Å². The molecule has 1 heterocycles. The van der Waals surface area contributed by atoms with Crippen LogP contribution < -0.4 is 39.4 Å². The Balaban J connectivity index is 0.000001000. The number of carboxylic acids is 1. The molecule has 1 rings (SSSR count). The van der Waals surface area contributed by atoms with E-state index < -0.39 is 5.97 Å². The van der Waals surface area contributed by atoms with Gasteiger partial charge in [-0.2, -0.15) is 0 Å². The van der Waals surface area contributed by atoms with Gasteiger partial charge < -0.3 is 14.6 Å². The summed E-state index contributed by atoms with van der Waals surface area (Å²) in [6, 6.07) is 0. The topological polar surface area (TPSA) is 62.2 Å². The van der Waals surface area contributed by atoms with Gasteiger partial charge in [0.1, 0.15) is 0 Å². The summed E-state index contributed by atoms with van der Waals surface area (Å²) in [4.78, 5) is 13.8. The molecule has 0 aliphatic rings. The van der Waals surface area contributed by atoms with Gasteiger partial charge in [-0.25, -0.2) is 4.98 Å². The summed E-state index contributed by atoms with van der Waals surface area (Å²) in [7, 11) is 1.43. The van der Waals surface area contributed by atoms with Gasteiger partial charge in [0.2, 0.25) is 0 Å². The van der Waals surface area contributed by atoms with E-state index in [9.17, 15) is 9.90 Å². The monoisotopic (exact) mass is 181 g/mol. The number of nitrogens with zero attached hydrogens (tertiary/aromatic N) is 1. The smallest absolute Gasteiger partial charge is 0.544 e. The summed E-state index contributed by atoms with van der Waals surface area (Å²) in [6.07, 6.45) is 1.21. The molecule has 0 fully saturated rings. The molecule has 0 bridgehead atoms. The van der Waals surface area contributed by atoms with Crippen molar-refractivity contribution in [3.8, 4) is 5.19 Å². The second-order valence-corrected chi connectivity index (χ2v) is 2.48. The Morgan fingerprint density at radius 3 is 2.73 bits per heavy atom. The number of carbonyl (C=O) groups excluding carboxylic acids is 1. The zero-order chi connectivity index (χ0) is 7.56. The summed E-state index contributed by atoms with van der Waals surface area (Å²) in [5.74, 6) is -1.22. The number of carbonyl (C=O) groups is 1. The first-order valence-corrected chi connectivity index (χ1v) is 3.27. The zero-order valence-electron chi connectivity index (χ0n) is 6.16. The van der Waals surface area contributed by atoms with Crippen molar-refractivity contribution in [2.24, 2.45) is 0 Å². The van der Waals surface area contributed by atoms with Crippen molar-refractivity contribution in [2.45, 2.75) is 0 Å². The first-order chi connectivity index (χ1) is 4.74. The third-order valence-electron chi connectivity index (χ3n) is 0.860. The van der Waals surface area contributed by atoms with E-state index in [1.54, 1.807) is 0 Å². The van der Waals surface area contributed by atoms with Crippen LogP contribution in [-0.2, 0) is 0 Å². The number of hydrogen-bond donors (Lipinski definition) is 0. The van der Waals surface area contributed by atoms with Crippen LogP contribution in [0.3, 0.4) is 0 Å². The van der Waals surface area contributed by atoms with Gasteiger partial charge >= 0.3 is 29.6 Å². The normalized spacial score (nSPS) is 8.45. The van der Waals surface area contributed by atoms with Gasteiger partial charge in [-0.05, 0) is 0 Å². The van der Waals surface area contributed by atoms with Gasteiger partial charge in [-0.3, -0.25) is 0 Å². The molecule has 0 N–H and O–H groups in total. The van der Waals surface area contributed by atoms with Gasteiger partial charge in [-0.1, -0.05) is 11.3 Å². The van der Waals surface area contributed by atoms with Crippen LogP contribution in [-0.4, -0.2) is 18.1 Å². The fourth-order valence-electron chi connectivity index (χ4n) is 0.447. The summed E-state index contributed by atoms with van der Waals surface area (Å²) in [5, 5.41) is 10.5. The van der Waals surface area contributed by atoms with Crippen LogP contribution in [0, 0.1) is 0 Å². The predicted molar refractivity (Wildman–Crippen MR) is 33.0 cm³/mol. The number of thiazole rings is 1. The second-order valence-electron chi connectivity index (χ2n) is 1.48. The third kappa shape index (κ3) is 2.78. The van der Waals surface area contributed by atoms with Crippen LogP contribution in [0.25, 0.3) is 0 Å². The average Bonchev–Trinajstić information content (AvgIpc) is 2.34. The molecule has 0 saturated carbocycles. The molecular formula is C5H4NNaO3S. The fourth-order valence-corrected chi connectivity index (χ4v) is 1.01. The number of aromatic carboxylic acids is 1. The number of rotatable bonds is 2. The molecule has 0 radical (unpaired) electrons. The molecule has 1 aromatic rings. The maximum Gasteiger partial charge on any atom is 1.00 e. The summed E-state index contributed by atoms with van der Waals surface area (Å²) >= 11 is 0.946. The Bertz CT molecular complexity index is 250. The number of hydrogen-bond acceptors (Lipinski definition) is 5. The van der Waals surface area contributed by atoms with Gasteiger partial charge in [0.25, 0.3) is 5.19 Å². The van der Waals surface area contributed by atoms with E-state index in [0.717, 1.165) is 11.3 Å². The fraction of sp³-hybridized carbons (Fsp3) is 0.200. The van der Waals surface area contributed by atoms with E-state index in [-0.39, 0.29) is 34.4 Å². The first kappa shape index (κ1) is 10.9. The van der Waals surface area contributed by atoms with E-state index in [0.29, 0.717) is 5.19 Å². The molecule has 0 aromatic carbocycles. The zero-order valence-corrected chi connectivity index (χ0v) is 8.97. The van der Waals surface area contributed by atoms with Crippen molar-refractivity contribution in [2.75, 3.05) is 7.11 Å². The molecule has 0 spiro atoms. The van der Waals surface area contributed by atoms with Crippen LogP contribution in [0.4, 0.5) is 0 Å². The minimum Gasteiger partial charge on any atom is -0.544 e. The summed E-state index contributed by atoms with van der Waals surface area (Å²) < 4.78 is 4.66. The van der Waals surface area contributed by atoms with Gasteiger partial charge in [-0.15, -0.1) is 0 Å².